The largest absolute Gasteiger partial charge is 0.497 e. The fraction of sp³-hybridized carbons (Fsp3) is 0.192. The van der Waals surface area contributed by atoms with Crippen molar-refractivity contribution in [3.8, 4) is 16.9 Å². The summed E-state index contributed by atoms with van der Waals surface area (Å²) in [5, 5.41) is 10.9. The Balaban J connectivity index is 1.74. The highest BCUT2D eigenvalue weighted by atomic mass is 35.5. The number of aliphatic imine (C=N–C) groups is 2. The van der Waals surface area contributed by atoms with Crippen LogP contribution < -0.4 is 10.5 Å². The van der Waals surface area contributed by atoms with Gasteiger partial charge in [0.15, 0.2) is 11.5 Å². The molecule has 35 heavy (non-hydrogen) atoms. The number of rotatable bonds is 5. The number of carboxylic acids is 1. The van der Waals surface area contributed by atoms with Gasteiger partial charge in [0, 0.05) is 16.6 Å². The molecule has 5 rings (SSSR count). The van der Waals surface area contributed by atoms with Crippen LogP contribution in [0.1, 0.15) is 17.5 Å². The van der Waals surface area contributed by atoms with Gasteiger partial charge in [-0.3, -0.25) is 9.89 Å². The third-order valence-corrected chi connectivity index (χ3v) is 6.76. The van der Waals surface area contributed by atoms with E-state index in [9.17, 15) is 9.90 Å². The van der Waals surface area contributed by atoms with Crippen LogP contribution in [0.15, 0.2) is 76.7 Å². The number of ether oxygens (including phenoxy) is 1. The molecule has 2 atom stereocenters. The number of benzene rings is 3. The van der Waals surface area contributed by atoms with Crippen molar-refractivity contribution in [2.75, 3.05) is 13.7 Å². The highest BCUT2D eigenvalue weighted by Gasteiger charge is 2.52. The molecule has 2 aliphatic heterocycles. The first-order valence-electron chi connectivity index (χ1n) is 11.0. The molecule has 1 unspecified atom stereocenters. The van der Waals surface area contributed by atoms with E-state index in [2.05, 4.69) is 0 Å². The van der Waals surface area contributed by atoms with Gasteiger partial charge in [0.2, 0.25) is 0 Å². The van der Waals surface area contributed by atoms with Crippen molar-refractivity contribution >= 4 is 41.0 Å². The molecule has 0 amide bonds. The predicted molar refractivity (Wildman–Crippen MR) is 137 cm³/mol. The zero-order chi connectivity index (χ0) is 24.7. The van der Waals surface area contributed by atoms with Crippen molar-refractivity contribution in [3.05, 3.63) is 87.9 Å². The molecule has 0 aromatic heterocycles. The molecule has 0 aliphatic carbocycles. The number of amidine groups is 1. The van der Waals surface area contributed by atoms with Crippen LogP contribution in [0.4, 0.5) is 0 Å². The summed E-state index contributed by atoms with van der Waals surface area (Å²) >= 11 is 12.5. The van der Waals surface area contributed by atoms with Crippen molar-refractivity contribution in [2.24, 2.45) is 15.7 Å². The van der Waals surface area contributed by atoms with Crippen LogP contribution in [0.3, 0.4) is 0 Å². The number of halogens is 2. The Labute approximate surface area is 212 Å². The zero-order valence-electron chi connectivity index (χ0n) is 18.8. The van der Waals surface area contributed by atoms with Crippen LogP contribution in [0.25, 0.3) is 11.1 Å². The molecule has 7 nitrogen and oxygen atoms in total. The fourth-order valence-corrected chi connectivity index (χ4v) is 5.27. The number of methoxy groups -OCH3 is 1. The van der Waals surface area contributed by atoms with Crippen LogP contribution in [0, 0.1) is 0 Å². The SMILES string of the molecule is COc1ccc(C2(c3cccc(-c4cc(Cl)cc(Cl)c4)c3)N=C(N)N3C2=NCC[C@H]3C(=O)O)cc1. The Hall–Kier alpha value is -3.55. The molecule has 0 bridgehead atoms. The van der Waals surface area contributed by atoms with Gasteiger partial charge in [0.05, 0.1) is 7.11 Å². The summed E-state index contributed by atoms with van der Waals surface area (Å²) in [7, 11) is 1.60. The van der Waals surface area contributed by atoms with Gasteiger partial charge in [-0.05, 0) is 65.1 Å². The second-order valence-corrected chi connectivity index (χ2v) is 9.24. The molecular formula is C26H22Cl2N4O3. The Bertz CT molecular complexity index is 1350. The first-order valence-corrected chi connectivity index (χ1v) is 11.7. The quantitative estimate of drug-likeness (QED) is 0.515. The van der Waals surface area contributed by atoms with Gasteiger partial charge in [0.25, 0.3) is 0 Å². The molecule has 9 heteroatoms. The number of fused-ring (bicyclic) bond motifs is 1. The summed E-state index contributed by atoms with van der Waals surface area (Å²) < 4.78 is 5.34. The van der Waals surface area contributed by atoms with Crippen molar-refractivity contribution in [2.45, 2.75) is 18.0 Å². The molecule has 3 N–H and O–H groups in total. The lowest BCUT2D eigenvalue weighted by atomic mass is 9.80. The number of nitrogens with zero attached hydrogens (tertiary/aromatic N) is 3. The third kappa shape index (κ3) is 3.90. The second kappa shape index (κ2) is 8.91. The topological polar surface area (TPSA) is 101 Å². The maximum atomic E-state index is 12.1. The van der Waals surface area contributed by atoms with Crippen LogP contribution in [0.5, 0.6) is 5.75 Å². The molecule has 3 aromatic carbocycles. The normalized spacial score (nSPS) is 21.2. The molecule has 0 spiro atoms. The second-order valence-electron chi connectivity index (χ2n) is 8.37. The minimum atomic E-state index is -1.14. The van der Waals surface area contributed by atoms with Gasteiger partial charge in [-0.25, -0.2) is 9.79 Å². The molecular weight excluding hydrogens is 487 g/mol. The third-order valence-electron chi connectivity index (χ3n) is 6.33. The number of hydrogen-bond donors (Lipinski definition) is 2. The van der Waals surface area contributed by atoms with Gasteiger partial charge >= 0.3 is 5.97 Å². The van der Waals surface area contributed by atoms with Gasteiger partial charge in [-0.2, -0.15) is 0 Å². The van der Waals surface area contributed by atoms with Crippen molar-refractivity contribution in [1.29, 1.82) is 0 Å². The molecule has 3 aromatic rings. The summed E-state index contributed by atoms with van der Waals surface area (Å²) in [5.74, 6) is 0.318. The maximum absolute atomic E-state index is 12.1. The Morgan fingerprint density at radius 1 is 1.06 bits per heavy atom. The molecule has 0 saturated heterocycles. The smallest absolute Gasteiger partial charge is 0.326 e. The Morgan fingerprint density at radius 3 is 2.43 bits per heavy atom. The average molecular weight is 509 g/mol. The number of aliphatic carboxylic acids is 1. The maximum Gasteiger partial charge on any atom is 0.326 e. The van der Waals surface area contributed by atoms with Crippen LogP contribution in [-0.4, -0.2) is 47.5 Å². The van der Waals surface area contributed by atoms with Gasteiger partial charge in [0.1, 0.15) is 17.6 Å². The Morgan fingerprint density at radius 2 is 1.77 bits per heavy atom. The van der Waals surface area contributed by atoms with Gasteiger partial charge in [-0.15, -0.1) is 0 Å². The lowest BCUT2D eigenvalue weighted by Gasteiger charge is -2.36. The highest BCUT2D eigenvalue weighted by molar-refractivity contribution is 6.35. The number of guanidine groups is 1. The van der Waals surface area contributed by atoms with Crippen molar-refractivity contribution in [3.63, 3.8) is 0 Å². The number of hydrogen-bond acceptors (Lipinski definition) is 6. The van der Waals surface area contributed by atoms with E-state index in [4.69, 9.17) is 43.7 Å². The van der Waals surface area contributed by atoms with Crippen molar-refractivity contribution < 1.29 is 14.6 Å². The van der Waals surface area contributed by atoms with Crippen LogP contribution in [-0.2, 0) is 10.3 Å². The molecule has 178 valence electrons. The summed E-state index contributed by atoms with van der Waals surface area (Å²) in [6, 6.07) is 19.8. The van der Waals surface area contributed by atoms with E-state index in [1.54, 1.807) is 18.1 Å². The molecule has 0 saturated carbocycles. The lowest BCUT2D eigenvalue weighted by molar-refractivity contribution is -0.141. The summed E-state index contributed by atoms with van der Waals surface area (Å²) in [5.41, 5.74) is 8.54. The standard InChI is InChI=1S/C26H22Cl2N4O3/c1-35-21-7-5-17(6-8-21)26(24-30-10-9-22(23(33)34)32(24)25(29)31-26)18-4-2-3-15(11-18)16-12-19(27)14-20(28)13-16/h2-8,11-14,22H,9-10H2,1H3,(H2,29,31)(H,33,34)/t22-,26?/m0/s1. The number of carboxylic acid groups (broad SMARTS) is 1. The average Bonchev–Trinajstić information content (AvgIpc) is 3.17. The zero-order valence-corrected chi connectivity index (χ0v) is 20.3. The van der Waals surface area contributed by atoms with Crippen LogP contribution >= 0.6 is 23.2 Å². The summed E-state index contributed by atoms with van der Waals surface area (Å²) in [6.45, 7) is 0.354. The monoisotopic (exact) mass is 508 g/mol. The lowest BCUT2D eigenvalue weighted by Crippen LogP contribution is -2.54. The van der Waals surface area contributed by atoms with E-state index in [-0.39, 0.29) is 5.96 Å². The minimum Gasteiger partial charge on any atom is -0.497 e. The Kier molecular flexibility index (Phi) is 5.91. The minimum absolute atomic E-state index is 0.114. The van der Waals surface area contributed by atoms with E-state index >= 15 is 0 Å². The fourth-order valence-electron chi connectivity index (χ4n) is 4.74. The highest BCUT2D eigenvalue weighted by Crippen LogP contribution is 2.44. The molecule has 2 heterocycles. The van der Waals surface area contributed by atoms with Gasteiger partial charge < -0.3 is 15.6 Å². The predicted octanol–water partition coefficient (Wildman–Crippen LogP) is 4.80. The first-order chi connectivity index (χ1) is 16.8. The van der Waals surface area contributed by atoms with E-state index in [0.717, 1.165) is 22.3 Å². The molecule has 2 aliphatic rings. The summed E-state index contributed by atoms with van der Waals surface area (Å²) in [6.07, 6.45) is 0.342. The first kappa shape index (κ1) is 23.2. The summed E-state index contributed by atoms with van der Waals surface area (Å²) in [4.78, 5) is 23.3. The molecule has 0 fully saturated rings. The van der Waals surface area contributed by atoms with E-state index in [0.29, 0.717) is 34.6 Å². The van der Waals surface area contributed by atoms with Gasteiger partial charge in [-0.1, -0.05) is 53.5 Å². The van der Waals surface area contributed by atoms with Crippen molar-refractivity contribution in [1.82, 2.24) is 4.90 Å². The number of carbonyl (C=O) groups is 1. The molecule has 0 radical (unpaired) electrons. The van der Waals surface area contributed by atoms with E-state index < -0.39 is 17.6 Å². The van der Waals surface area contributed by atoms with Crippen LogP contribution in [0.2, 0.25) is 10.0 Å². The van der Waals surface area contributed by atoms with E-state index in [1.165, 1.54) is 0 Å². The van der Waals surface area contributed by atoms with E-state index in [1.807, 2.05) is 60.7 Å². The number of nitrogens with two attached hydrogens (primary N) is 1.